The Labute approximate surface area is 161 Å². The van der Waals surface area contributed by atoms with Crippen LogP contribution in [0.15, 0.2) is 30.3 Å². The van der Waals surface area contributed by atoms with E-state index >= 15 is 0 Å². The summed E-state index contributed by atoms with van der Waals surface area (Å²) in [4.78, 5) is 25.1. The van der Waals surface area contributed by atoms with Crippen LogP contribution in [0.4, 0.5) is 5.69 Å². The molecule has 2 rings (SSSR count). The van der Waals surface area contributed by atoms with Gasteiger partial charge in [-0.3, -0.25) is 4.79 Å². The number of amides is 1. The van der Waals surface area contributed by atoms with Crippen molar-refractivity contribution in [1.29, 1.82) is 0 Å². The molecule has 2 atom stereocenters. The fourth-order valence-corrected chi connectivity index (χ4v) is 3.27. The first-order valence-corrected chi connectivity index (χ1v) is 9.57. The summed E-state index contributed by atoms with van der Waals surface area (Å²) in [7, 11) is 0. The third kappa shape index (κ3) is 4.59. The Morgan fingerprint density at radius 3 is 2.41 bits per heavy atom. The molecule has 27 heavy (non-hydrogen) atoms. The highest BCUT2D eigenvalue weighted by molar-refractivity contribution is 5.98. The molecule has 0 spiro atoms. The van der Waals surface area contributed by atoms with Crippen LogP contribution in [0.5, 0.6) is 0 Å². The number of hydrogen-bond acceptors (Lipinski definition) is 3. The molecule has 0 aliphatic rings. The molecule has 0 bridgehead atoms. The molecule has 0 unspecified atom stereocenters. The van der Waals surface area contributed by atoms with Crippen molar-refractivity contribution >= 4 is 17.6 Å². The number of anilines is 1. The van der Waals surface area contributed by atoms with Crippen LogP contribution in [0, 0.1) is 13.8 Å². The van der Waals surface area contributed by atoms with Gasteiger partial charge in [-0.2, -0.15) is 0 Å². The highest BCUT2D eigenvalue weighted by Gasteiger charge is 2.23. The number of carbonyl (C=O) groups excluding carboxylic acids is 2. The summed E-state index contributed by atoms with van der Waals surface area (Å²) in [6.07, 6.45) is 0.0944. The number of carbonyl (C=O) groups is 2. The Morgan fingerprint density at radius 2 is 1.81 bits per heavy atom. The molecule has 0 saturated heterocycles. The summed E-state index contributed by atoms with van der Waals surface area (Å²) in [6.45, 7) is 12.5. The van der Waals surface area contributed by atoms with Crippen LogP contribution in [0.2, 0.25) is 0 Å². The van der Waals surface area contributed by atoms with Crippen LogP contribution < -0.4 is 5.32 Å². The second-order valence-corrected chi connectivity index (χ2v) is 6.96. The van der Waals surface area contributed by atoms with E-state index in [1.807, 2.05) is 55.7 Å². The van der Waals surface area contributed by atoms with E-state index in [9.17, 15) is 9.59 Å². The summed E-state index contributed by atoms with van der Waals surface area (Å²) < 4.78 is 7.47. The summed E-state index contributed by atoms with van der Waals surface area (Å²) in [5, 5.41) is 2.90. The molecule has 0 aliphatic heterocycles. The van der Waals surface area contributed by atoms with E-state index in [-0.39, 0.29) is 5.91 Å². The molecule has 1 N–H and O–H groups in total. The normalized spacial score (nSPS) is 13.1. The SMILES string of the molecule is CC[C@@H](C)c1ccccc1NC(=O)[C@H](C)OC(=O)c1cc(C)n(CC)c1C. The number of hydrogen-bond donors (Lipinski definition) is 1. The minimum absolute atomic E-state index is 0.330. The Morgan fingerprint density at radius 1 is 1.15 bits per heavy atom. The molecule has 2 aromatic rings. The number of ether oxygens (including phenoxy) is 1. The lowest BCUT2D eigenvalue weighted by Crippen LogP contribution is -2.30. The lowest BCUT2D eigenvalue weighted by molar-refractivity contribution is -0.123. The third-order valence-corrected chi connectivity index (χ3v) is 5.12. The van der Waals surface area contributed by atoms with Crippen LogP contribution in [0.1, 0.15) is 67.3 Å². The first-order valence-electron chi connectivity index (χ1n) is 9.57. The Hall–Kier alpha value is -2.56. The largest absolute Gasteiger partial charge is 0.449 e. The van der Waals surface area contributed by atoms with Crippen molar-refractivity contribution in [2.45, 2.75) is 66.5 Å². The minimum Gasteiger partial charge on any atom is -0.449 e. The minimum atomic E-state index is -0.882. The topological polar surface area (TPSA) is 60.3 Å². The van der Waals surface area contributed by atoms with E-state index in [2.05, 4.69) is 19.2 Å². The van der Waals surface area contributed by atoms with Crippen molar-refractivity contribution in [3.05, 3.63) is 52.8 Å². The fourth-order valence-electron chi connectivity index (χ4n) is 3.27. The second-order valence-electron chi connectivity index (χ2n) is 6.96. The van der Waals surface area contributed by atoms with E-state index in [1.165, 1.54) is 0 Å². The van der Waals surface area contributed by atoms with Gasteiger partial charge in [0.15, 0.2) is 6.10 Å². The zero-order chi connectivity index (χ0) is 20.1. The smallest absolute Gasteiger partial charge is 0.340 e. The van der Waals surface area contributed by atoms with Gasteiger partial charge in [-0.05, 0) is 57.7 Å². The average molecular weight is 370 g/mol. The van der Waals surface area contributed by atoms with Crippen molar-refractivity contribution in [3.63, 3.8) is 0 Å². The van der Waals surface area contributed by atoms with Gasteiger partial charge in [0.05, 0.1) is 5.56 Å². The lowest BCUT2D eigenvalue weighted by Gasteiger charge is -2.18. The van der Waals surface area contributed by atoms with Gasteiger partial charge >= 0.3 is 5.97 Å². The zero-order valence-electron chi connectivity index (χ0n) is 17.1. The van der Waals surface area contributed by atoms with Crippen molar-refractivity contribution < 1.29 is 14.3 Å². The Balaban J connectivity index is 2.10. The molecular formula is C22H30N2O3. The van der Waals surface area contributed by atoms with Gasteiger partial charge in [-0.1, -0.05) is 32.0 Å². The molecule has 5 heteroatoms. The Kier molecular flexibility index (Phi) is 6.83. The molecule has 1 amide bonds. The molecule has 5 nitrogen and oxygen atoms in total. The van der Waals surface area contributed by atoms with Crippen molar-refractivity contribution in [3.8, 4) is 0 Å². The van der Waals surface area contributed by atoms with E-state index in [1.54, 1.807) is 6.92 Å². The van der Waals surface area contributed by atoms with Gasteiger partial charge in [-0.25, -0.2) is 4.79 Å². The number of nitrogens with one attached hydrogen (secondary N) is 1. The number of esters is 1. The first-order chi connectivity index (χ1) is 12.8. The molecule has 1 aromatic heterocycles. The van der Waals surface area contributed by atoms with Gasteiger partial charge in [0.1, 0.15) is 0 Å². The summed E-state index contributed by atoms with van der Waals surface area (Å²) >= 11 is 0. The quantitative estimate of drug-likeness (QED) is 0.711. The molecule has 0 aliphatic carbocycles. The Bertz CT molecular complexity index is 823. The molecule has 0 fully saturated rings. The highest BCUT2D eigenvalue weighted by Crippen LogP contribution is 2.26. The van der Waals surface area contributed by atoms with E-state index in [4.69, 9.17) is 4.74 Å². The van der Waals surface area contributed by atoms with Gasteiger partial charge in [0, 0.05) is 23.6 Å². The molecule has 0 radical (unpaired) electrons. The fraction of sp³-hybridized carbons (Fsp3) is 0.455. The van der Waals surface area contributed by atoms with Crippen LogP contribution in [0.25, 0.3) is 0 Å². The van der Waals surface area contributed by atoms with E-state index in [0.717, 1.165) is 35.6 Å². The highest BCUT2D eigenvalue weighted by atomic mass is 16.5. The molecule has 0 saturated carbocycles. The maximum atomic E-state index is 12.6. The third-order valence-electron chi connectivity index (χ3n) is 5.12. The average Bonchev–Trinajstić information content (AvgIpc) is 2.95. The van der Waals surface area contributed by atoms with Gasteiger partial charge in [0.25, 0.3) is 5.91 Å². The van der Waals surface area contributed by atoms with Crippen LogP contribution in [0.3, 0.4) is 0 Å². The van der Waals surface area contributed by atoms with Crippen molar-refractivity contribution in [2.24, 2.45) is 0 Å². The van der Waals surface area contributed by atoms with E-state index < -0.39 is 12.1 Å². The van der Waals surface area contributed by atoms with Crippen LogP contribution >= 0.6 is 0 Å². The van der Waals surface area contributed by atoms with Crippen LogP contribution in [-0.4, -0.2) is 22.5 Å². The predicted octanol–water partition coefficient (Wildman–Crippen LogP) is 4.82. The first kappa shape index (κ1) is 20.7. The number of aryl methyl sites for hydroxylation is 1. The number of nitrogens with zero attached hydrogens (tertiary/aromatic N) is 1. The second kappa shape index (κ2) is 8.89. The number of aromatic nitrogens is 1. The maximum absolute atomic E-state index is 12.6. The van der Waals surface area contributed by atoms with Crippen LogP contribution in [-0.2, 0) is 16.1 Å². The van der Waals surface area contributed by atoms with Gasteiger partial charge in [0.2, 0.25) is 0 Å². The summed E-state index contributed by atoms with van der Waals surface area (Å²) in [6, 6.07) is 9.55. The molecule has 1 aromatic carbocycles. The van der Waals surface area contributed by atoms with E-state index in [0.29, 0.717) is 11.5 Å². The standard InChI is InChI=1S/C22H30N2O3/c1-7-14(3)18-11-9-10-12-20(18)23-21(25)17(6)27-22(26)19-13-15(4)24(8-2)16(19)5/h9-14,17H,7-8H2,1-6H3,(H,23,25)/t14-,17+/m1/s1. The number of rotatable bonds is 7. The molecular weight excluding hydrogens is 340 g/mol. The van der Waals surface area contributed by atoms with Gasteiger partial charge < -0.3 is 14.6 Å². The number of benzene rings is 1. The maximum Gasteiger partial charge on any atom is 0.340 e. The monoisotopic (exact) mass is 370 g/mol. The predicted molar refractivity (Wildman–Crippen MR) is 108 cm³/mol. The summed E-state index contributed by atoms with van der Waals surface area (Å²) in [5.41, 5.74) is 4.22. The lowest BCUT2D eigenvalue weighted by atomic mass is 9.97. The molecule has 1 heterocycles. The number of para-hydroxylation sites is 1. The zero-order valence-corrected chi connectivity index (χ0v) is 17.1. The summed E-state index contributed by atoms with van der Waals surface area (Å²) in [5.74, 6) is -0.470. The van der Waals surface area contributed by atoms with Crippen molar-refractivity contribution in [1.82, 2.24) is 4.57 Å². The molecule has 146 valence electrons. The van der Waals surface area contributed by atoms with Gasteiger partial charge in [-0.15, -0.1) is 0 Å². The van der Waals surface area contributed by atoms with Crippen molar-refractivity contribution in [2.75, 3.05) is 5.32 Å².